The monoisotopic (exact) mass is 358 g/mol. The largest absolute Gasteiger partial charge is 0.343 e. The van der Waals surface area contributed by atoms with Crippen molar-refractivity contribution in [2.75, 3.05) is 26.2 Å². The molecular formula is C15H23BrN2OS. The van der Waals surface area contributed by atoms with E-state index in [9.17, 15) is 4.79 Å². The number of nitrogens with zero attached hydrogens (tertiary/aromatic N) is 2. The quantitative estimate of drug-likeness (QED) is 0.802. The summed E-state index contributed by atoms with van der Waals surface area (Å²) < 4.78 is 1.16. The van der Waals surface area contributed by atoms with Crippen LogP contribution in [0.5, 0.6) is 0 Å². The second-order valence-electron chi connectivity index (χ2n) is 5.32. The van der Waals surface area contributed by atoms with Gasteiger partial charge in [-0.05, 0) is 55.2 Å². The van der Waals surface area contributed by atoms with Crippen molar-refractivity contribution in [2.45, 2.75) is 33.2 Å². The molecule has 0 bridgehead atoms. The lowest BCUT2D eigenvalue weighted by Gasteiger charge is -2.34. The summed E-state index contributed by atoms with van der Waals surface area (Å²) in [6.07, 6.45) is 2.17. The molecule has 0 saturated carbocycles. The van der Waals surface area contributed by atoms with Crippen LogP contribution >= 0.6 is 27.3 Å². The summed E-state index contributed by atoms with van der Waals surface area (Å²) >= 11 is 5.29. The van der Waals surface area contributed by atoms with Gasteiger partial charge in [-0.3, -0.25) is 9.69 Å². The minimum Gasteiger partial charge on any atom is -0.343 e. The number of hydrogen-bond donors (Lipinski definition) is 0. The van der Waals surface area contributed by atoms with Gasteiger partial charge in [-0.1, -0.05) is 0 Å². The van der Waals surface area contributed by atoms with Gasteiger partial charge in [0.15, 0.2) is 0 Å². The van der Waals surface area contributed by atoms with Crippen molar-refractivity contribution >= 4 is 33.2 Å². The molecule has 0 spiro atoms. The Morgan fingerprint density at radius 1 is 1.50 bits per heavy atom. The fourth-order valence-corrected chi connectivity index (χ4v) is 4.34. The highest BCUT2D eigenvalue weighted by Gasteiger charge is 2.28. The van der Waals surface area contributed by atoms with E-state index in [-0.39, 0.29) is 5.92 Å². The van der Waals surface area contributed by atoms with E-state index < -0.39 is 0 Å². The van der Waals surface area contributed by atoms with Gasteiger partial charge in [0.25, 0.3) is 0 Å². The van der Waals surface area contributed by atoms with Crippen LogP contribution in [0.2, 0.25) is 0 Å². The first kappa shape index (κ1) is 16.0. The SMILES string of the molecule is CCN(CC)C(=O)C1CCCN(Cc2cc(Br)cs2)C1. The third kappa shape index (κ3) is 4.06. The molecule has 1 atom stereocenters. The van der Waals surface area contributed by atoms with E-state index in [1.807, 2.05) is 4.90 Å². The number of amides is 1. The number of rotatable bonds is 5. The molecule has 1 saturated heterocycles. The molecule has 1 amide bonds. The van der Waals surface area contributed by atoms with E-state index in [1.54, 1.807) is 11.3 Å². The molecule has 0 aromatic carbocycles. The van der Waals surface area contributed by atoms with Crippen LogP contribution < -0.4 is 0 Å². The number of carbonyl (C=O) groups is 1. The first-order chi connectivity index (χ1) is 9.63. The van der Waals surface area contributed by atoms with E-state index in [0.29, 0.717) is 5.91 Å². The molecule has 1 aromatic heterocycles. The van der Waals surface area contributed by atoms with Gasteiger partial charge in [-0.25, -0.2) is 0 Å². The highest BCUT2D eigenvalue weighted by atomic mass is 79.9. The molecule has 1 unspecified atom stereocenters. The highest BCUT2D eigenvalue weighted by molar-refractivity contribution is 9.10. The van der Waals surface area contributed by atoms with Gasteiger partial charge >= 0.3 is 0 Å². The second-order valence-corrected chi connectivity index (χ2v) is 7.23. The molecule has 1 aromatic rings. The molecule has 0 aliphatic carbocycles. The van der Waals surface area contributed by atoms with Gasteiger partial charge in [0.2, 0.25) is 5.91 Å². The minimum atomic E-state index is 0.187. The summed E-state index contributed by atoms with van der Waals surface area (Å²) in [6, 6.07) is 2.18. The summed E-state index contributed by atoms with van der Waals surface area (Å²) in [6.45, 7) is 8.75. The van der Waals surface area contributed by atoms with Gasteiger partial charge in [0.05, 0.1) is 5.92 Å². The van der Waals surface area contributed by atoms with Crippen LogP contribution in [0.15, 0.2) is 15.9 Å². The third-order valence-electron chi connectivity index (χ3n) is 3.93. The first-order valence-corrected chi connectivity index (χ1v) is 9.05. The Hall–Kier alpha value is -0.390. The molecular weight excluding hydrogens is 336 g/mol. The normalized spacial score (nSPS) is 20.1. The number of hydrogen-bond acceptors (Lipinski definition) is 3. The zero-order valence-electron chi connectivity index (χ0n) is 12.3. The van der Waals surface area contributed by atoms with Crippen LogP contribution in [-0.2, 0) is 11.3 Å². The van der Waals surface area contributed by atoms with Crippen molar-refractivity contribution in [2.24, 2.45) is 5.92 Å². The predicted molar refractivity (Wildman–Crippen MR) is 87.9 cm³/mol. The smallest absolute Gasteiger partial charge is 0.226 e. The number of likely N-dealkylation sites (tertiary alicyclic amines) is 1. The second kappa shape index (κ2) is 7.57. The van der Waals surface area contributed by atoms with E-state index in [4.69, 9.17) is 0 Å². The van der Waals surface area contributed by atoms with Crippen molar-refractivity contribution in [3.8, 4) is 0 Å². The molecule has 0 radical (unpaired) electrons. The lowest BCUT2D eigenvalue weighted by atomic mass is 9.96. The molecule has 0 N–H and O–H groups in total. The molecule has 1 aliphatic heterocycles. The van der Waals surface area contributed by atoms with Gasteiger partial charge in [-0.15, -0.1) is 11.3 Å². The highest BCUT2D eigenvalue weighted by Crippen LogP contribution is 2.25. The lowest BCUT2D eigenvalue weighted by Crippen LogP contribution is -2.44. The molecule has 1 fully saturated rings. The summed E-state index contributed by atoms with van der Waals surface area (Å²) in [5.41, 5.74) is 0. The third-order valence-corrected chi connectivity index (χ3v) is 5.61. The van der Waals surface area contributed by atoms with Crippen molar-refractivity contribution < 1.29 is 4.79 Å². The molecule has 20 heavy (non-hydrogen) atoms. The Morgan fingerprint density at radius 2 is 2.25 bits per heavy atom. The van der Waals surface area contributed by atoms with Crippen LogP contribution in [-0.4, -0.2) is 41.9 Å². The number of thiophene rings is 1. The zero-order valence-corrected chi connectivity index (χ0v) is 14.7. The zero-order chi connectivity index (χ0) is 14.5. The maximum atomic E-state index is 12.5. The maximum absolute atomic E-state index is 12.5. The predicted octanol–water partition coefficient (Wildman–Crippen LogP) is 3.59. The van der Waals surface area contributed by atoms with Crippen LogP contribution in [0.1, 0.15) is 31.6 Å². The fourth-order valence-electron chi connectivity index (χ4n) is 2.85. The Morgan fingerprint density at radius 3 is 2.85 bits per heavy atom. The average Bonchev–Trinajstić information content (AvgIpc) is 2.85. The van der Waals surface area contributed by atoms with Gasteiger partial charge in [-0.2, -0.15) is 0 Å². The minimum absolute atomic E-state index is 0.187. The number of carbonyl (C=O) groups excluding carboxylic acids is 1. The topological polar surface area (TPSA) is 23.6 Å². The summed E-state index contributed by atoms with van der Waals surface area (Å²) in [7, 11) is 0. The van der Waals surface area contributed by atoms with Crippen molar-refractivity contribution in [1.29, 1.82) is 0 Å². The number of piperidine rings is 1. The molecule has 2 rings (SSSR count). The maximum Gasteiger partial charge on any atom is 0.226 e. The Labute approximate surface area is 134 Å². The average molecular weight is 359 g/mol. The van der Waals surface area contributed by atoms with Gasteiger partial charge in [0.1, 0.15) is 0 Å². The molecule has 1 aliphatic rings. The van der Waals surface area contributed by atoms with E-state index >= 15 is 0 Å². The standard InChI is InChI=1S/C15H23BrN2OS/c1-3-18(4-2)15(19)12-6-5-7-17(9-12)10-14-8-13(16)11-20-14/h8,11-12H,3-7,9-10H2,1-2H3. The molecule has 2 heterocycles. The summed E-state index contributed by atoms with van der Waals surface area (Å²) in [5.74, 6) is 0.527. The van der Waals surface area contributed by atoms with Crippen molar-refractivity contribution in [3.05, 3.63) is 20.8 Å². The van der Waals surface area contributed by atoms with Crippen molar-refractivity contribution in [1.82, 2.24) is 9.80 Å². The Balaban J connectivity index is 1.92. The summed E-state index contributed by atoms with van der Waals surface area (Å²) in [4.78, 5) is 18.2. The number of halogens is 1. The lowest BCUT2D eigenvalue weighted by molar-refractivity contribution is -0.137. The van der Waals surface area contributed by atoms with Crippen LogP contribution in [0, 0.1) is 5.92 Å². The van der Waals surface area contributed by atoms with Crippen LogP contribution in [0.3, 0.4) is 0 Å². The molecule has 112 valence electrons. The van der Waals surface area contributed by atoms with E-state index in [1.165, 1.54) is 4.88 Å². The van der Waals surface area contributed by atoms with E-state index in [2.05, 4.69) is 46.1 Å². The van der Waals surface area contributed by atoms with Crippen LogP contribution in [0.4, 0.5) is 0 Å². The fraction of sp³-hybridized carbons (Fsp3) is 0.667. The van der Waals surface area contributed by atoms with Crippen LogP contribution in [0.25, 0.3) is 0 Å². The Bertz CT molecular complexity index is 445. The van der Waals surface area contributed by atoms with Gasteiger partial charge < -0.3 is 4.90 Å². The van der Waals surface area contributed by atoms with Gasteiger partial charge in [0, 0.05) is 40.9 Å². The first-order valence-electron chi connectivity index (χ1n) is 7.38. The van der Waals surface area contributed by atoms with E-state index in [0.717, 1.165) is 50.0 Å². The Kier molecular flexibility index (Phi) is 6.05. The van der Waals surface area contributed by atoms with Crippen molar-refractivity contribution in [3.63, 3.8) is 0 Å². The summed E-state index contributed by atoms with van der Waals surface area (Å²) in [5, 5.41) is 2.12. The molecule has 3 nitrogen and oxygen atoms in total. The molecule has 5 heteroatoms.